The molecular weight excluding hydrogens is 283 g/mol. The lowest BCUT2D eigenvalue weighted by molar-refractivity contribution is 0.103. The summed E-state index contributed by atoms with van der Waals surface area (Å²) in [5, 5.41) is 1.97. The minimum atomic E-state index is -0.605. The van der Waals surface area contributed by atoms with Crippen molar-refractivity contribution < 1.29 is 13.9 Å². The summed E-state index contributed by atoms with van der Waals surface area (Å²) in [5.41, 5.74) is 0.0493. The van der Waals surface area contributed by atoms with Crippen molar-refractivity contribution in [2.24, 2.45) is 0 Å². The predicted octanol–water partition coefficient (Wildman–Crippen LogP) is 4.34. The van der Waals surface area contributed by atoms with Gasteiger partial charge in [-0.2, -0.15) is 0 Å². The topological polar surface area (TPSA) is 26.3 Å². The standard InChI is InChI=1S/C14H9FO2S2/c1-17-9-4-2-3-8(13(9)15)14(16)12-7-11-10(19-12)5-6-18-11/h2-7H,1H3. The summed E-state index contributed by atoms with van der Waals surface area (Å²) in [5.74, 6) is -0.819. The number of carbonyl (C=O) groups excluding carboxylic acids is 1. The first-order valence-corrected chi connectivity index (χ1v) is 7.24. The highest BCUT2D eigenvalue weighted by Crippen LogP contribution is 2.32. The average Bonchev–Trinajstić information content (AvgIpc) is 2.99. The highest BCUT2D eigenvalue weighted by molar-refractivity contribution is 7.28. The summed E-state index contributed by atoms with van der Waals surface area (Å²) in [6.07, 6.45) is 0. The maximum absolute atomic E-state index is 14.1. The van der Waals surface area contributed by atoms with Gasteiger partial charge in [0.1, 0.15) is 0 Å². The van der Waals surface area contributed by atoms with Crippen LogP contribution in [0.15, 0.2) is 35.7 Å². The third-order valence-electron chi connectivity index (χ3n) is 2.79. The van der Waals surface area contributed by atoms with Crippen LogP contribution < -0.4 is 4.74 Å². The van der Waals surface area contributed by atoms with Crippen molar-refractivity contribution in [3.63, 3.8) is 0 Å². The Labute approximate surface area is 117 Å². The van der Waals surface area contributed by atoms with Crippen LogP contribution in [0.1, 0.15) is 15.2 Å². The first-order valence-electron chi connectivity index (χ1n) is 5.55. The van der Waals surface area contributed by atoms with E-state index >= 15 is 0 Å². The van der Waals surface area contributed by atoms with Crippen LogP contribution >= 0.6 is 22.7 Å². The van der Waals surface area contributed by atoms with Gasteiger partial charge in [-0.3, -0.25) is 4.79 Å². The van der Waals surface area contributed by atoms with Gasteiger partial charge < -0.3 is 4.74 Å². The molecule has 3 aromatic rings. The van der Waals surface area contributed by atoms with E-state index in [4.69, 9.17) is 4.74 Å². The Hall–Kier alpha value is -1.72. The van der Waals surface area contributed by atoms with E-state index in [1.54, 1.807) is 17.4 Å². The summed E-state index contributed by atoms with van der Waals surface area (Å²) >= 11 is 2.95. The molecule has 0 bridgehead atoms. The fraction of sp³-hybridized carbons (Fsp3) is 0.0714. The number of carbonyl (C=O) groups is 1. The predicted molar refractivity (Wildman–Crippen MR) is 76.1 cm³/mol. The van der Waals surface area contributed by atoms with Gasteiger partial charge in [0.25, 0.3) is 0 Å². The third kappa shape index (κ3) is 2.05. The first-order chi connectivity index (χ1) is 9.20. The number of rotatable bonds is 3. The summed E-state index contributed by atoms with van der Waals surface area (Å²) in [4.78, 5) is 12.9. The first kappa shape index (κ1) is 12.3. The lowest BCUT2D eigenvalue weighted by Crippen LogP contribution is -2.03. The molecule has 96 valence electrons. The molecule has 0 unspecified atom stereocenters. The zero-order valence-corrected chi connectivity index (χ0v) is 11.6. The van der Waals surface area contributed by atoms with Crippen LogP contribution in [0.2, 0.25) is 0 Å². The molecule has 19 heavy (non-hydrogen) atoms. The Morgan fingerprint density at radius 3 is 2.84 bits per heavy atom. The number of hydrogen-bond donors (Lipinski definition) is 0. The number of ketones is 1. The monoisotopic (exact) mass is 292 g/mol. The lowest BCUT2D eigenvalue weighted by atomic mass is 10.1. The maximum Gasteiger partial charge on any atom is 0.206 e. The molecule has 3 rings (SSSR count). The van der Waals surface area contributed by atoms with Crippen molar-refractivity contribution in [3.8, 4) is 5.75 Å². The molecule has 0 amide bonds. The fourth-order valence-electron chi connectivity index (χ4n) is 1.85. The molecule has 0 radical (unpaired) electrons. The van der Waals surface area contributed by atoms with E-state index in [1.165, 1.54) is 30.6 Å². The van der Waals surface area contributed by atoms with Crippen molar-refractivity contribution in [2.75, 3.05) is 7.11 Å². The number of thiophene rings is 2. The molecule has 2 nitrogen and oxygen atoms in total. The average molecular weight is 292 g/mol. The molecule has 0 aliphatic rings. The van der Waals surface area contributed by atoms with Crippen LogP contribution in [0.5, 0.6) is 5.75 Å². The highest BCUT2D eigenvalue weighted by atomic mass is 32.1. The molecule has 0 aliphatic heterocycles. The number of halogens is 1. The third-order valence-corrected chi connectivity index (χ3v) is 4.88. The molecule has 5 heteroatoms. The highest BCUT2D eigenvalue weighted by Gasteiger charge is 2.19. The maximum atomic E-state index is 14.1. The molecule has 2 aromatic heterocycles. The van der Waals surface area contributed by atoms with Gasteiger partial charge in [0.15, 0.2) is 11.6 Å². The zero-order chi connectivity index (χ0) is 13.4. The number of benzene rings is 1. The Kier molecular flexibility index (Phi) is 3.08. The fourth-order valence-corrected chi connectivity index (χ4v) is 3.92. The molecule has 0 saturated heterocycles. The van der Waals surface area contributed by atoms with Crippen LogP contribution in [0.25, 0.3) is 9.40 Å². The molecule has 0 atom stereocenters. The van der Waals surface area contributed by atoms with Gasteiger partial charge in [-0.15, -0.1) is 22.7 Å². The molecule has 0 saturated carbocycles. The van der Waals surface area contributed by atoms with Crippen LogP contribution in [0, 0.1) is 5.82 Å². The van der Waals surface area contributed by atoms with Crippen LogP contribution in [0.4, 0.5) is 4.39 Å². The largest absolute Gasteiger partial charge is 0.494 e. The van der Waals surface area contributed by atoms with E-state index in [2.05, 4.69) is 0 Å². The molecule has 0 fully saturated rings. The number of hydrogen-bond acceptors (Lipinski definition) is 4. The lowest BCUT2D eigenvalue weighted by Gasteiger charge is -2.05. The Morgan fingerprint density at radius 1 is 1.26 bits per heavy atom. The van der Waals surface area contributed by atoms with Crippen LogP contribution in [0.3, 0.4) is 0 Å². The summed E-state index contributed by atoms with van der Waals surface area (Å²) in [7, 11) is 1.38. The second-order valence-corrected chi connectivity index (χ2v) is 5.94. The minimum absolute atomic E-state index is 0.0493. The Morgan fingerprint density at radius 2 is 2.11 bits per heavy atom. The van der Waals surface area contributed by atoms with Crippen molar-refractivity contribution in [1.82, 2.24) is 0 Å². The number of fused-ring (bicyclic) bond motifs is 1. The zero-order valence-electron chi connectivity index (χ0n) is 9.98. The van der Waals surface area contributed by atoms with Crippen LogP contribution in [-0.4, -0.2) is 12.9 Å². The second kappa shape index (κ2) is 4.75. The number of methoxy groups -OCH3 is 1. The van der Waals surface area contributed by atoms with Crippen molar-refractivity contribution in [2.45, 2.75) is 0 Å². The Balaban J connectivity index is 2.06. The van der Waals surface area contributed by atoms with Crippen LogP contribution in [-0.2, 0) is 0 Å². The summed E-state index contributed by atoms with van der Waals surface area (Å²) in [6.45, 7) is 0. The smallest absolute Gasteiger partial charge is 0.206 e. The summed E-state index contributed by atoms with van der Waals surface area (Å²) in [6, 6.07) is 8.37. The summed E-state index contributed by atoms with van der Waals surface area (Å²) < 4.78 is 21.1. The van der Waals surface area contributed by atoms with E-state index in [-0.39, 0.29) is 17.1 Å². The Bertz CT molecular complexity index is 729. The van der Waals surface area contributed by atoms with E-state index in [0.29, 0.717) is 4.88 Å². The van der Waals surface area contributed by atoms with Gasteiger partial charge in [0.05, 0.1) is 17.6 Å². The normalized spacial score (nSPS) is 10.8. The van der Waals surface area contributed by atoms with Crippen molar-refractivity contribution in [1.29, 1.82) is 0 Å². The van der Waals surface area contributed by atoms with Gasteiger partial charge in [-0.1, -0.05) is 6.07 Å². The number of ether oxygens (including phenoxy) is 1. The molecular formula is C14H9FO2S2. The van der Waals surface area contributed by atoms with Crippen molar-refractivity contribution in [3.05, 3.63) is 52.0 Å². The second-order valence-electron chi connectivity index (χ2n) is 3.91. The van der Waals surface area contributed by atoms with Gasteiger partial charge in [-0.25, -0.2) is 4.39 Å². The van der Waals surface area contributed by atoms with E-state index < -0.39 is 5.82 Å². The minimum Gasteiger partial charge on any atom is -0.494 e. The van der Waals surface area contributed by atoms with E-state index in [9.17, 15) is 9.18 Å². The molecule has 0 N–H and O–H groups in total. The quantitative estimate of drug-likeness (QED) is 0.671. The molecule has 1 aromatic carbocycles. The van der Waals surface area contributed by atoms with E-state index in [1.807, 2.05) is 17.5 Å². The van der Waals surface area contributed by atoms with Crippen molar-refractivity contribution >= 4 is 37.9 Å². The van der Waals surface area contributed by atoms with Gasteiger partial charge in [0, 0.05) is 9.40 Å². The molecule has 0 aliphatic carbocycles. The SMILES string of the molecule is COc1cccc(C(=O)c2cc3sccc3s2)c1F. The molecule has 2 heterocycles. The van der Waals surface area contributed by atoms with Gasteiger partial charge in [0.2, 0.25) is 5.78 Å². The molecule has 0 spiro atoms. The van der Waals surface area contributed by atoms with Gasteiger partial charge >= 0.3 is 0 Å². The van der Waals surface area contributed by atoms with E-state index in [0.717, 1.165) is 9.40 Å². The van der Waals surface area contributed by atoms with Gasteiger partial charge in [-0.05, 0) is 29.6 Å².